The van der Waals surface area contributed by atoms with Crippen molar-refractivity contribution < 1.29 is 13.9 Å². The van der Waals surface area contributed by atoms with Crippen molar-refractivity contribution in [3.05, 3.63) is 84.2 Å². The van der Waals surface area contributed by atoms with Gasteiger partial charge in [-0.05, 0) is 44.0 Å². The molecule has 1 aromatic carbocycles. The van der Waals surface area contributed by atoms with Crippen molar-refractivity contribution in [1.29, 1.82) is 0 Å². The van der Waals surface area contributed by atoms with E-state index < -0.39 is 12.0 Å². The number of esters is 1. The summed E-state index contributed by atoms with van der Waals surface area (Å²) >= 11 is 1.30. The van der Waals surface area contributed by atoms with Gasteiger partial charge in [-0.1, -0.05) is 49.4 Å². The molecular weight excluding hydrogens is 500 g/mol. The van der Waals surface area contributed by atoms with E-state index >= 15 is 0 Å². The van der Waals surface area contributed by atoms with Gasteiger partial charge < -0.3 is 19.0 Å². The molecule has 0 amide bonds. The highest BCUT2D eigenvalue weighted by Gasteiger charge is 2.33. The SMILES string of the molecule is CCOC(=O)C1=C(C)N=c2sc(=Cc3ccc(N4CCN(C)CC4)o3)c(=O)n2C1c1ccc(C(C)C)cc1. The van der Waals surface area contributed by atoms with Crippen LogP contribution >= 0.6 is 11.3 Å². The molecule has 4 heterocycles. The standard InChI is InChI=1S/C29H34N4O4S/c1-6-36-28(35)25-19(4)30-29-33(26(25)21-9-7-20(8-10-21)18(2)3)27(34)23(38-29)17-22-11-12-24(37-22)32-15-13-31(5)14-16-32/h7-12,17-18,26H,6,13-16H2,1-5H3. The molecule has 2 aliphatic rings. The average Bonchev–Trinajstić information content (AvgIpc) is 3.48. The molecule has 2 aliphatic heterocycles. The monoisotopic (exact) mass is 534 g/mol. The Bertz CT molecular complexity index is 1540. The Kier molecular flexibility index (Phi) is 7.40. The van der Waals surface area contributed by atoms with Gasteiger partial charge >= 0.3 is 5.97 Å². The van der Waals surface area contributed by atoms with Crippen LogP contribution < -0.4 is 19.8 Å². The van der Waals surface area contributed by atoms with Crippen LogP contribution in [0.2, 0.25) is 0 Å². The number of anilines is 1. The molecule has 1 fully saturated rings. The Labute approximate surface area is 226 Å². The van der Waals surface area contributed by atoms with E-state index in [0.717, 1.165) is 37.6 Å². The largest absolute Gasteiger partial charge is 0.463 e. The Morgan fingerprint density at radius 3 is 2.53 bits per heavy atom. The lowest BCUT2D eigenvalue weighted by molar-refractivity contribution is -0.139. The number of hydrogen-bond acceptors (Lipinski definition) is 8. The maximum Gasteiger partial charge on any atom is 0.338 e. The second-order valence-corrected chi connectivity index (χ2v) is 11.1. The molecule has 8 nitrogen and oxygen atoms in total. The lowest BCUT2D eigenvalue weighted by Gasteiger charge is -2.32. The molecule has 0 bridgehead atoms. The van der Waals surface area contributed by atoms with Crippen molar-refractivity contribution in [1.82, 2.24) is 9.47 Å². The number of benzene rings is 1. The first-order chi connectivity index (χ1) is 18.3. The van der Waals surface area contributed by atoms with E-state index in [1.54, 1.807) is 24.5 Å². The molecule has 1 saturated heterocycles. The Balaban J connectivity index is 1.57. The first kappa shape index (κ1) is 26.2. The van der Waals surface area contributed by atoms with Crippen molar-refractivity contribution >= 4 is 29.3 Å². The third-order valence-corrected chi connectivity index (χ3v) is 8.12. The lowest BCUT2D eigenvalue weighted by atomic mass is 9.93. The number of carbonyl (C=O) groups is 1. The molecule has 5 rings (SSSR count). The van der Waals surface area contributed by atoms with Crippen molar-refractivity contribution in [2.75, 3.05) is 44.7 Å². The van der Waals surface area contributed by atoms with E-state index in [1.165, 1.54) is 16.9 Å². The van der Waals surface area contributed by atoms with Gasteiger partial charge in [0.1, 0.15) is 5.76 Å². The first-order valence-electron chi connectivity index (χ1n) is 13.1. The predicted molar refractivity (Wildman–Crippen MR) is 149 cm³/mol. The third kappa shape index (κ3) is 5.00. The number of ether oxygens (including phenoxy) is 1. The Hall–Kier alpha value is -3.43. The Morgan fingerprint density at radius 1 is 1.16 bits per heavy atom. The van der Waals surface area contributed by atoms with Gasteiger partial charge in [-0.25, -0.2) is 9.79 Å². The summed E-state index contributed by atoms with van der Waals surface area (Å²) in [5, 5.41) is 0. The van der Waals surface area contributed by atoms with E-state index in [9.17, 15) is 9.59 Å². The molecule has 2 aromatic heterocycles. The van der Waals surface area contributed by atoms with Crippen LogP contribution in [-0.4, -0.2) is 55.3 Å². The summed E-state index contributed by atoms with van der Waals surface area (Å²) < 4.78 is 13.6. The number of carbonyl (C=O) groups excluding carboxylic acids is 1. The second-order valence-electron chi connectivity index (χ2n) is 10.1. The van der Waals surface area contributed by atoms with Crippen molar-refractivity contribution in [3.63, 3.8) is 0 Å². The summed E-state index contributed by atoms with van der Waals surface area (Å²) in [7, 11) is 2.12. The number of nitrogens with zero attached hydrogens (tertiary/aromatic N) is 4. The van der Waals surface area contributed by atoms with Crippen LogP contribution in [-0.2, 0) is 9.53 Å². The topological polar surface area (TPSA) is 80.3 Å². The Morgan fingerprint density at radius 2 is 1.87 bits per heavy atom. The number of allylic oxidation sites excluding steroid dienone is 1. The molecule has 0 aliphatic carbocycles. The summed E-state index contributed by atoms with van der Waals surface area (Å²) in [4.78, 5) is 36.6. The molecule has 0 spiro atoms. The smallest absolute Gasteiger partial charge is 0.338 e. The number of thiazole rings is 1. The van der Waals surface area contributed by atoms with Crippen molar-refractivity contribution in [2.24, 2.45) is 4.99 Å². The quantitative estimate of drug-likeness (QED) is 0.452. The van der Waals surface area contributed by atoms with Gasteiger partial charge in [0.05, 0.1) is 28.5 Å². The zero-order chi connectivity index (χ0) is 27.0. The summed E-state index contributed by atoms with van der Waals surface area (Å²) in [6, 6.07) is 11.3. The molecule has 38 heavy (non-hydrogen) atoms. The number of piperazine rings is 1. The highest BCUT2D eigenvalue weighted by Crippen LogP contribution is 2.31. The van der Waals surface area contributed by atoms with Gasteiger partial charge in [0.15, 0.2) is 10.7 Å². The van der Waals surface area contributed by atoms with Gasteiger partial charge in [0.2, 0.25) is 0 Å². The zero-order valence-electron chi connectivity index (χ0n) is 22.6. The molecule has 200 valence electrons. The van der Waals surface area contributed by atoms with Gasteiger partial charge in [-0.3, -0.25) is 9.36 Å². The van der Waals surface area contributed by atoms with Crippen LogP contribution in [0, 0.1) is 0 Å². The predicted octanol–water partition coefficient (Wildman–Crippen LogP) is 3.27. The number of hydrogen-bond donors (Lipinski definition) is 0. The fourth-order valence-electron chi connectivity index (χ4n) is 4.92. The second kappa shape index (κ2) is 10.7. The van der Waals surface area contributed by atoms with Gasteiger partial charge in [0, 0.05) is 38.3 Å². The fraction of sp³-hybridized carbons (Fsp3) is 0.414. The van der Waals surface area contributed by atoms with Crippen LogP contribution in [0.1, 0.15) is 56.5 Å². The maximum atomic E-state index is 13.8. The summed E-state index contributed by atoms with van der Waals surface area (Å²) in [6.07, 6.45) is 1.77. The number of fused-ring (bicyclic) bond motifs is 1. The molecule has 1 atom stereocenters. The van der Waals surface area contributed by atoms with E-state index in [1.807, 2.05) is 24.3 Å². The van der Waals surface area contributed by atoms with E-state index in [4.69, 9.17) is 9.15 Å². The number of rotatable bonds is 6. The highest BCUT2D eigenvalue weighted by atomic mass is 32.1. The summed E-state index contributed by atoms with van der Waals surface area (Å²) in [6.45, 7) is 11.8. The van der Waals surface area contributed by atoms with Crippen LogP contribution in [0.5, 0.6) is 0 Å². The molecular formula is C29H34N4O4S. The van der Waals surface area contributed by atoms with Gasteiger partial charge in [0.25, 0.3) is 5.56 Å². The van der Waals surface area contributed by atoms with E-state index in [-0.39, 0.29) is 12.2 Å². The molecule has 3 aromatic rings. The number of furan rings is 1. The normalized spacial score (nSPS) is 18.6. The van der Waals surface area contributed by atoms with Crippen LogP contribution in [0.15, 0.2) is 61.9 Å². The average molecular weight is 535 g/mol. The number of likely N-dealkylation sites (N-methyl/N-ethyl adjacent to an activating group) is 1. The van der Waals surface area contributed by atoms with E-state index in [2.05, 4.69) is 47.8 Å². The minimum absolute atomic E-state index is 0.210. The first-order valence-corrected chi connectivity index (χ1v) is 13.9. The maximum absolute atomic E-state index is 13.8. The van der Waals surface area contributed by atoms with Crippen LogP contribution in [0.25, 0.3) is 6.08 Å². The minimum atomic E-state index is -0.619. The van der Waals surface area contributed by atoms with Gasteiger partial charge in [-0.2, -0.15) is 0 Å². The van der Waals surface area contributed by atoms with Crippen LogP contribution in [0.3, 0.4) is 0 Å². The van der Waals surface area contributed by atoms with Crippen molar-refractivity contribution in [2.45, 2.75) is 39.7 Å². The van der Waals surface area contributed by atoms with E-state index in [0.29, 0.717) is 32.3 Å². The van der Waals surface area contributed by atoms with Gasteiger partial charge in [-0.15, -0.1) is 0 Å². The summed E-state index contributed by atoms with van der Waals surface area (Å²) in [5.74, 6) is 1.34. The highest BCUT2D eigenvalue weighted by molar-refractivity contribution is 7.07. The molecule has 0 N–H and O–H groups in total. The molecule has 0 saturated carbocycles. The minimum Gasteiger partial charge on any atom is -0.463 e. The summed E-state index contributed by atoms with van der Waals surface area (Å²) in [5.41, 5.74) is 2.77. The lowest BCUT2D eigenvalue weighted by Crippen LogP contribution is -2.44. The van der Waals surface area contributed by atoms with Crippen LogP contribution in [0.4, 0.5) is 5.88 Å². The third-order valence-electron chi connectivity index (χ3n) is 7.14. The zero-order valence-corrected chi connectivity index (χ0v) is 23.4. The molecule has 0 radical (unpaired) electrons. The fourth-order valence-corrected chi connectivity index (χ4v) is 5.94. The molecule has 9 heteroatoms. The van der Waals surface area contributed by atoms with Crippen molar-refractivity contribution in [3.8, 4) is 0 Å². The number of aromatic nitrogens is 1. The molecule has 1 unspecified atom stereocenters.